The summed E-state index contributed by atoms with van der Waals surface area (Å²) in [5.74, 6) is 0.0366. The summed E-state index contributed by atoms with van der Waals surface area (Å²) in [6.45, 7) is 7.73. The first-order valence-electron chi connectivity index (χ1n) is 9.60. The molecule has 1 aliphatic carbocycles. The normalized spacial score (nSPS) is 14.2. The summed E-state index contributed by atoms with van der Waals surface area (Å²) in [5, 5.41) is 3.47. The molecular formula is C22H27NO4S. The predicted molar refractivity (Wildman–Crippen MR) is 112 cm³/mol. The first-order chi connectivity index (χ1) is 13.3. The molecule has 0 aliphatic heterocycles. The molecular weight excluding hydrogens is 374 g/mol. The molecule has 1 aliphatic rings. The summed E-state index contributed by atoms with van der Waals surface area (Å²) in [4.78, 5) is 26.3. The highest BCUT2D eigenvalue weighted by atomic mass is 32.1. The molecule has 28 heavy (non-hydrogen) atoms. The number of rotatable bonds is 5. The fourth-order valence-corrected chi connectivity index (χ4v) is 4.83. The van der Waals surface area contributed by atoms with Crippen LogP contribution in [-0.2, 0) is 22.4 Å². The number of carbonyl (C=O) groups is 2. The van der Waals surface area contributed by atoms with Crippen LogP contribution in [0.3, 0.4) is 0 Å². The van der Waals surface area contributed by atoms with Gasteiger partial charge in [0, 0.05) is 4.88 Å². The van der Waals surface area contributed by atoms with Gasteiger partial charge in [0.1, 0.15) is 10.8 Å². The van der Waals surface area contributed by atoms with Crippen molar-refractivity contribution in [3.8, 4) is 5.75 Å². The molecule has 3 rings (SSSR count). The smallest absolute Gasteiger partial charge is 0.341 e. The molecule has 1 atom stereocenters. The number of methoxy groups -OCH3 is 1. The number of hydrogen-bond acceptors (Lipinski definition) is 5. The summed E-state index contributed by atoms with van der Waals surface area (Å²) >= 11 is 1.48. The van der Waals surface area contributed by atoms with Gasteiger partial charge in [0.25, 0.3) is 5.91 Å². The molecule has 1 aromatic carbocycles. The average Bonchev–Trinajstić information content (AvgIpc) is 3.02. The van der Waals surface area contributed by atoms with E-state index in [-0.39, 0.29) is 5.91 Å². The van der Waals surface area contributed by atoms with Gasteiger partial charge in [-0.25, -0.2) is 4.79 Å². The molecule has 150 valence electrons. The Hall–Kier alpha value is -2.34. The van der Waals surface area contributed by atoms with Gasteiger partial charge in [-0.2, -0.15) is 0 Å². The molecule has 0 saturated carbocycles. The van der Waals surface area contributed by atoms with Gasteiger partial charge >= 0.3 is 5.97 Å². The number of ether oxygens (including phenoxy) is 2. The van der Waals surface area contributed by atoms with E-state index in [1.165, 1.54) is 23.3 Å². The number of hydrogen-bond donors (Lipinski definition) is 1. The number of fused-ring (bicyclic) bond motifs is 1. The lowest BCUT2D eigenvalue weighted by atomic mass is 9.95. The maximum absolute atomic E-state index is 12.8. The summed E-state index contributed by atoms with van der Waals surface area (Å²) in [5.41, 5.74) is 4.76. The highest BCUT2D eigenvalue weighted by molar-refractivity contribution is 7.17. The van der Waals surface area contributed by atoms with Crippen molar-refractivity contribution in [1.82, 2.24) is 0 Å². The van der Waals surface area contributed by atoms with Crippen LogP contribution in [0, 0.1) is 20.8 Å². The lowest BCUT2D eigenvalue weighted by Crippen LogP contribution is -2.30. The minimum Gasteiger partial charge on any atom is -0.481 e. The molecule has 0 saturated heterocycles. The van der Waals surface area contributed by atoms with Crippen molar-refractivity contribution in [1.29, 1.82) is 0 Å². The SMILES string of the molecule is COC(=O)c1c(NC(=O)[C@H](C)Oc2cc(C)cc(C)c2C)sc2c1CCCC2. The maximum atomic E-state index is 12.8. The largest absolute Gasteiger partial charge is 0.481 e. The minimum absolute atomic E-state index is 0.276. The number of amides is 1. The fourth-order valence-electron chi connectivity index (χ4n) is 3.55. The van der Waals surface area contributed by atoms with Crippen molar-refractivity contribution in [2.24, 2.45) is 0 Å². The molecule has 0 spiro atoms. The first-order valence-corrected chi connectivity index (χ1v) is 10.4. The van der Waals surface area contributed by atoms with Crippen molar-refractivity contribution in [3.05, 3.63) is 44.8 Å². The van der Waals surface area contributed by atoms with Crippen molar-refractivity contribution in [2.75, 3.05) is 12.4 Å². The molecule has 0 radical (unpaired) electrons. The minimum atomic E-state index is -0.690. The number of thiophene rings is 1. The standard InChI is InChI=1S/C22H27NO4S/c1-12-10-13(2)14(3)17(11-12)27-15(4)20(24)23-21-19(22(25)26-5)16-8-6-7-9-18(16)28-21/h10-11,15H,6-9H2,1-5H3,(H,23,24)/t15-/m0/s1. The highest BCUT2D eigenvalue weighted by Crippen LogP contribution is 2.38. The second-order valence-corrected chi connectivity index (χ2v) is 8.47. The molecule has 5 nitrogen and oxygen atoms in total. The van der Waals surface area contributed by atoms with E-state index in [0.29, 0.717) is 16.3 Å². The second kappa shape index (κ2) is 8.35. The van der Waals surface area contributed by atoms with Crippen LogP contribution < -0.4 is 10.1 Å². The summed E-state index contributed by atoms with van der Waals surface area (Å²) in [6.07, 6.45) is 3.25. The van der Waals surface area contributed by atoms with Crippen LogP contribution in [0.1, 0.15) is 57.3 Å². The van der Waals surface area contributed by atoms with Gasteiger partial charge in [-0.15, -0.1) is 11.3 Å². The second-order valence-electron chi connectivity index (χ2n) is 7.36. The van der Waals surface area contributed by atoms with E-state index in [2.05, 4.69) is 11.4 Å². The zero-order chi connectivity index (χ0) is 20.4. The third-order valence-corrected chi connectivity index (χ3v) is 6.44. The van der Waals surface area contributed by atoms with Crippen LogP contribution in [0.4, 0.5) is 5.00 Å². The number of benzene rings is 1. The van der Waals surface area contributed by atoms with E-state index < -0.39 is 12.1 Å². The Balaban J connectivity index is 1.81. The fraction of sp³-hybridized carbons (Fsp3) is 0.455. The molecule has 2 aromatic rings. The van der Waals surface area contributed by atoms with Crippen LogP contribution in [0.15, 0.2) is 12.1 Å². The number of nitrogens with one attached hydrogen (secondary N) is 1. The Morgan fingerprint density at radius 3 is 2.57 bits per heavy atom. The summed E-state index contributed by atoms with van der Waals surface area (Å²) < 4.78 is 10.9. The van der Waals surface area contributed by atoms with E-state index in [0.717, 1.165) is 47.9 Å². The van der Waals surface area contributed by atoms with Crippen LogP contribution >= 0.6 is 11.3 Å². The third-order valence-electron chi connectivity index (χ3n) is 5.23. The lowest BCUT2D eigenvalue weighted by molar-refractivity contribution is -0.122. The first kappa shape index (κ1) is 20.4. The molecule has 6 heteroatoms. The van der Waals surface area contributed by atoms with E-state index in [1.54, 1.807) is 6.92 Å². The third kappa shape index (κ3) is 4.07. The van der Waals surface area contributed by atoms with Gasteiger partial charge in [-0.1, -0.05) is 6.07 Å². The Kier molecular flexibility index (Phi) is 6.08. The topological polar surface area (TPSA) is 64.6 Å². The van der Waals surface area contributed by atoms with Gasteiger partial charge < -0.3 is 14.8 Å². The van der Waals surface area contributed by atoms with Crippen molar-refractivity contribution in [3.63, 3.8) is 0 Å². The van der Waals surface area contributed by atoms with Gasteiger partial charge in [-0.3, -0.25) is 4.79 Å². The average molecular weight is 402 g/mol. The number of esters is 1. The maximum Gasteiger partial charge on any atom is 0.341 e. The van der Waals surface area contributed by atoms with Crippen LogP contribution in [-0.4, -0.2) is 25.1 Å². The Morgan fingerprint density at radius 1 is 1.14 bits per heavy atom. The zero-order valence-electron chi connectivity index (χ0n) is 17.1. The molecule has 1 amide bonds. The van der Waals surface area contributed by atoms with Gasteiger partial charge in [0.15, 0.2) is 6.10 Å². The summed E-state index contributed by atoms with van der Waals surface area (Å²) in [6, 6.07) is 4.03. The summed E-state index contributed by atoms with van der Waals surface area (Å²) in [7, 11) is 1.37. The predicted octanol–water partition coefficient (Wildman–Crippen LogP) is 4.74. The van der Waals surface area contributed by atoms with Crippen LogP contribution in [0.25, 0.3) is 0 Å². The molecule has 0 unspecified atom stereocenters. The molecule has 1 heterocycles. The van der Waals surface area contributed by atoms with Crippen molar-refractivity contribution >= 4 is 28.2 Å². The van der Waals surface area contributed by atoms with Crippen LogP contribution in [0.5, 0.6) is 5.75 Å². The van der Waals surface area contributed by atoms with E-state index in [4.69, 9.17) is 9.47 Å². The Labute approximate surface area is 170 Å². The van der Waals surface area contributed by atoms with E-state index in [1.807, 2.05) is 26.8 Å². The molecule has 1 aromatic heterocycles. The number of carbonyl (C=O) groups excluding carboxylic acids is 2. The van der Waals surface area contributed by atoms with Gasteiger partial charge in [0.2, 0.25) is 0 Å². The quantitative estimate of drug-likeness (QED) is 0.735. The van der Waals surface area contributed by atoms with E-state index >= 15 is 0 Å². The highest BCUT2D eigenvalue weighted by Gasteiger charge is 2.28. The van der Waals surface area contributed by atoms with Crippen molar-refractivity contribution < 1.29 is 19.1 Å². The lowest BCUT2D eigenvalue weighted by Gasteiger charge is -2.18. The number of aryl methyl sites for hydroxylation is 3. The van der Waals surface area contributed by atoms with Gasteiger partial charge in [-0.05, 0) is 81.7 Å². The Morgan fingerprint density at radius 2 is 1.86 bits per heavy atom. The Bertz CT molecular complexity index is 916. The monoisotopic (exact) mass is 401 g/mol. The molecule has 0 bridgehead atoms. The molecule has 0 fully saturated rings. The number of anilines is 1. The van der Waals surface area contributed by atoms with E-state index in [9.17, 15) is 9.59 Å². The zero-order valence-corrected chi connectivity index (χ0v) is 17.9. The van der Waals surface area contributed by atoms with Gasteiger partial charge in [0.05, 0.1) is 12.7 Å². The van der Waals surface area contributed by atoms with Crippen molar-refractivity contribution in [2.45, 2.75) is 59.5 Å². The molecule has 1 N–H and O–H groups in total. The van der Waals surface area contributed by atoms with Crippen LogP contribution in [0.2, 0.25) is 0 Å².